The number of nitrogens with zero attached hydrogens (tertiary/aromatic N) is 4. The lowest BCUT2D eigenvalue weighted by Gasteiger charge is -2.26. The lowest BCUT2D eigenvalue weighted by molar-refractivity contribution is 0.102. The molecule has 0 amide bonds. The molecule has 32 heavy (non-hydrogen) atoms. The minimum absolute atomic E-state index is 0.122. The van der Waals surface area contributed by atoms with Crippen molar-refractivity contribution in [2.45, 2.75) is 57.3 Å². The summed E-state index contributed by atoms with van der Waals surface area (Å²) in [4.78, 5) is 15.3. The molecule has 1 aromatic heterocycles. The van der Waals surface area contributed by atoms with E-state index in [1.165, 1.54) is 42.2 Å². The lowest BCUT2D eigenvalue weighted by Crippen LogP contribution is -2.30. The second-order valence-electron chi connectivity index (χ2n) is 8.80. The highest BCUT2D eigenvalue weighted by molar-refractivity contribution is 7.99. The number of rotatable bonds is 9. The predicted molar refractivity (Wildman–Crippen MR) is 130 cm³/mol. The van der Waals surface area contributed by atoms with Crippen LogP contribution in [0.4, 0.5) is 0 Å². The van der Waals surface area contributed by atoms with E-state index in [9.17, 15) is 4.79 Å². The molecule has 1 fully saturated rings. The number of hydrogen-bond donors (Lipinski definition) is 0. The molecule has 1 aliphatic rings. The third-order valence-electron chi connectivity index (χ3n) is 6.02. The first kappa shape index (κ1) is 22.7. The average molecular weight is 449 g/mol. The summed E-state index contributed by atoms with van der Waals surface area (Å²) in [6.07, 6.45) is 3.81. The standard InChI is InChI=1S/C26H32N4OS/c1-20(2)22-11-13-23(14-12-22)24(31)19-32-26-28-27-25(18-29-15-7-4-8-16-29)30(26)17-21-9-5-3-6-10-21/h3,5-6,9-14,20H,4,7-8,15-19H2,1-2H3. The van der Waals surface area contributed by atoms with Crippen LogP contribution in [0.25, 0.3) is 0 Å². The van der Waals surface area contributed by atoms with Crippen molar-refractivity contribution in [3.63, 3.8) is 0 Å². The molecule has 168 valence electrons. The molecule has 2 aromatic carbocycles. The summed E-state index contributed by atoms with van der Waals surface area (Å²) in [5, 5.41) is 9.82. The first-order chi connectivity index (χ1) is 15.6. The molecular formula is C26H32N4OS. The maximum Gasteiger partial charge on any atom is 0.192 e. The third kappa shape index (κ3) is 5.87. The Morgan fingerprint density at radius 2 is 1.66 bits per heavy atom. The molecule has 1 aliphatic heterocycles. The number of aromatic nitrogens is 3. The molecule has 0 radical (unpaired) electrons. The minimum Gasteiger partial charge on any atom is -0.300 e. The highest BCUT2D eigenvalue weighted by Crippen LogP contribution is 2.23. The Hall–Kier alpha value is -2.44. The molecule has 0 bridgehead atoms. The summed E-state index contributed by atoms with van der Waals surface area (Å²) in [6.45, 7) is 8.08. The van der Waals surface area contributed by atoms with Crippen molar-refractivity contribution in [1.82, 2.24) is 19.7 Å². The van der Waals surface area contributed by atoms with E-state index in [-0.39, 0.29) is 5.78 Å². The second kappa shape index (κ2) is 10.9. The Morgan fingerprint density at radius 1 is 0.938 bits per heavy atom. The zero-order valence-corrected chi connectivity index (χ0v) is 19.9. The second-order valence-corrected chi connectivity index (χ2v) is 9.74. The quantitative estimate of drug-likeness (QED) is 0.324. The van der Waals surface area contributed by atoms with E-state index < -0.39 is 0 Å². The number of benzene rings is 2. The molecule has 6 heteroatoms. The van der Waals surface area contributed by atoms with Crippen molar-refractivity contribution in [1.29, 1.82) is 0 Å². The third-order valence-corrected chi connectivity index (χ3v) is 6.99. The van der Waals surface area contributed by atoms with E-state index in [0.29, 0.717) is 11.7 Å². The fourth-order valence-corrected chi connectivity index (χ4v) is 4.90. The first-order valence-electron chi connectivity index (χ1n) is 11.5. The molecule has 0 atom stereocenters. The maximum absolute atomic E-state index is 12.8. The molecule has 0 aliphatic carbocycles. The number of hydrogen-bond acceptors (Lipinski definition) is 5. The van der Waals surface area contributed by atoms with Gasteiger partial charge in [0.05, 0.1) is 18.8 Å². The average Bonchev–Trinajstić information content (AvgIpc) is 3.19. The zero-order chi connectivity index (χ0) is 22.3. The van der Waals surface area contributed by atoms with E-state index in [4.69, 9.17) is 0 Å². The monoisotopic (exact) mass is 448 g/mol. The molecule has 5 nitrogen and oxygen atoms in total. The molecule has 1 saturated heterocycles. The number of carbonyl (C=O) groups excluding carboxylic acids is 1. The normalized spacial score (nSPS) is 14.7. The van der Waals surface area contributed by atoms with Gasteiger partial charge < -0.3 is 4.57 Å². The van der Waals surface area contributed by atoms with Gasteiger partial charge in [-0.2, -0.15) is 0 Å². The van der Waals surface area contributed by atoms with Crippen molar-refractivity contribution in [2.24, 2.45) is 0 Å². The van der Waals surface area contributed by atoms with Gasteiger partial charge in [-0.3, -0.25) is 9.69 Å². The summed E-state index contributed by atoms with van der Waals surface area (Å²) in [6, 6.07) is 18.4. The minimum atomic E-state index is 0.122. The Kier molecular flexibility index (Phi) is 7.76. The van der Waals surface area contributed by atoms with Gasteiger partial charge >= 0.3 is 0 Å². The Labute approximate surface area is 195 Å². The van der Waals surface area contributed by atoms with Crippen LogP contribution < -0.4 is 0 Å². The Morgan fingerprint density at radius 3 is 2.34 bits per heavy atom. The van der Waals surface area contributed by atoms with E-state index in [1.54, 1.807) is 0 Å². The smallest absolute Gasteiger partial charge is 0.192 e. The van der Waals surface area contributed by atoms with Gasteiger partial charge in [0.25, 0.3) is 0 Å². The van der Waals surface area contributed by atoms with Gasteiger partial charge in [-0.05, 0) is 43.0 Å². The van der Waals surface area contributed by atoms with Crippen molar-refractivity contribution < 1.29 is 4.79 Å². The van der Waals surface area contributed by atoms with Gasteiger partial charge in [0, 0.05) is 5.56 Å². The molecule has 3 aromatic rings. The van der Waals surface area contributed by atoms with Crippen LogP contribution in [0.15, 0.2) is 59.8 Å². The number of piperidine rings is 1. The Bertz CT molecular complexity index is 1010. The first-order valence-corrected chi connectivity index (χ1v) is 12.5. The van der Waals surface area contributed by atoms with Crippen LogP contribution in [0.3, 0.4) is 0 Å². The number of carbonyl (C=O) groups is 1. The van der Waals surface area contributed by atoms with E-state index in [1.807, 2.05) is 18.2 Å². The van der Waals surface area contributed by atoms with Crippen molar-refractivity contribution in [3.05, 3.63) is 77.1 Å². The molecule has 0 N–H and O–H groups in total. The van der Waals surface area contributed by atoms with Crippen LogP contribution in [0.1, 0.15) is 66.3 Å². The van der Waals surface area contributed by atoms with Gasteiger partial charge in [0.2, 0.25) is 0 Å². The molecule has 2 heterocycles. The molecule has 0 saturated carbocycles. The Balaban J connectivity index is 1.48. The van der Waals surface area contributed by atoms with Crippen molar-refractivity contribution in [2.75, 3.05) is 18.8 Å². The van der Waals surface area contributed by atoms with Gasteiger partial charge in [0.15, 0.2) is 10.9 Å². The van der Waals surface area contributed by atoms with Crippen LogP contribution in [0.5, 0.6) is 0 Å². The molecule has 4 rings (SSSR count). The predicted octanol–water partition coefficient (Wildman–Crippen LogP) is 5.41. The molecule has 0 unspecified atom stereocenters. The summed E-state index contributed by atoms with van der Waals surface area (Å²) in [7, 11) is 0. The van der Waals surface area contributed by atoms with Crippen molar-refractivity contribution >= 4 is 17.5 Å². The van der Waals surface area contributed by atoms with Crippen LogP contribution in [-0.2, 0) is 13.1 Å². The fraction of sp³-hybridized carbons (Fsp3) is 0.423. The largest absolute Gasteiger partial charge is 0.300 e. The number of Topliss-reactive ketones (excluding diaryl/α,β-unsaturated/α-hetero) is 1. The summed E-state index contributed by atoms with van der Waals surface area (Å²) in [5.74, 6) is 1.92. The highest BCUT2D eigenvalue weighted by atomic mass is 32.2. The molecular weight excluding hydrogens is 416 g/mol. The highest BCUT2D eigenvalue weighted by Gasteiger charge is 2.19. The van der Waals surface area contributed by atoms with Gasteiger partial charge in [0.1, 0.15) is 5.82 Å². The summed E-state index contributed by atoms with van der Waals surface area (Å²) in [5.41, 5.74) is 3.22. The molecule has 0 spiro atoms. The SMILES string of the molecule is CC(C)c1ccc(C(=O)CSc2nnc(CN3CCCCC3)n2Cc2ccccc2)cc1. The summed E-state index contributed by atoms with van der Waals surface area (Å²) < 4.78 is 2.18. The van der Waals surface area contributed by atoms with E-state index in [0.717, 1.165) is 42.7 Å². The van der Waals surface area contributed by atoms with Crippen LogP contribution >= 0.6 is 11.8 Å². The van der Waals surface area contributed by atoms with Gasteiger partial charge in [-0.25, -0.2) is 0 Å². The van der Waals surface area contributed by atoms with Crippen LogP contribution in [0.2, 0.25) is 0 Å². The number of thioether (sulfide) groups is 1. The van der Waals surface area contributed by atoms with Crippen LogP contribution in [-0.4, -0.2) is 44.3 Å². The maximum atomic E-state index is 12.8. The van der Waals surface area contributed by atoms with E-state index in [2.05, 4.69) is 69.9 Å². The topological polar surface area (TPSA) is 51.0 Å². The van der Waals surface area contributed by atoms with Crippen LogP contribution in [0, 0.1) is 0 Å². The van der Waals surface area contributed by atoms with Gasteiger partial charge in [-0.15, -0.1) is 10.2 Å². The zero-order valence-electron chi connectivity index (χ0n) is 19.0. The van der Waals surface area contributed by atoms with E-state index >= 15 is 0 Å². The number of ketones is 1. The summed E-state index contributed by atoms with van der Waals surface area (Å²) >= 11 is 1.48. The van der Waals surface area contributed by atoms with Gasteiger partial charge in [-0.1, -0.05) is 86.6 Å². The van der Waals surface area contributed by atoms with Crippen molar-refractivity contribution in [3.8, 4) is 0 Å². The fourth-order valence-electron chi connectivity index (χ4n) is 4.05. The lowest BCUT2D eigenvalue weighted by atomic mass is 10.0. The number of likely N-dealkylation sites (tertiary alicyclic amines) is 1.